The number of hydrogen-bond donors (Lipinski definition) is 0. The summed E-state index contributed by atoms with van der Waals surface area (Å²) in [5, 5.41) is 0. The van der Waals surface area contributed by atoms with Crippen LogP contribution in [0.3, 0.4) is 0 Å². The number of hydrogen-bond acceptors (Lipinski definition) is 0. The second kappa shape index (κ2) is 66.9. The van der Waals surface area contributed by atoms with E-state index in [9.17, 15) is 0 Å². The van der Waals surface area contributed by atoms with Crippen LogP contribution in [-0.4, -0.2) is 39.6 Å². The quantitative estimate of drug-likeness (QED) is 0.430. The zero-order valence-corrected chi connectivity index (χ0v) is 7.22. The van der Waals surface area contributed by atoms with Crippen LogP contribution < -0.4 is 0 Å². The second-order valence-corrected chi connectivity index (χ2v) is 0. The van der Waals surface area contributed by atoms with Crippen molar-refractivity contribution in [3.05, 3.63) is 0 Å². The van der Waals surface area contributed by atoms with Gasteiger partial charge in [0.05, 0.1) is 0 Å². The predicted molar refractivity (Wildman–Crippen MR) is 13.6 cm³/mol. The molecule has 0 unspecified atom stereocenters. The molecule has 0 atom stereocenters. The van der Waals surface area contributed by atoms with E-state index in [0.29, 0.717) is 0 Å². The second-order valence-electron chi connectivity index (χ2n) is 0. The van der Waals surface area contributed by atoms with Crippen molar-refractivity contribution in [1.82, 2.24) is 0 Å². The number of rotatable bonds is 0. The van der Waals surface area contributed by atoms with Crippen molar-refractivity contribution < 1.29 is 16.4 Å². The average molecular weight is 187 g/mol. The fraction of sp³-hybridized carbons (Fsp3) is 0. The van der Waals surface area contributed by atoms with Crippen molar-refractivity contribution >= 4 is 39.6 Å². The minimum atomic E-state index is 0. The minimum absolute atomic E-state index is 0. The van der Waals surface area contributed by atoms with Gasteiger partial charge < -0.3 is 16.4 Å². The zero-order chi connectivity index (χ0) is 0. The molecule has 0 radical (unpaired) electrons. The summed E-state index contributed by atoms with van der Waals surface area (Å²) in [6, 6.07) is 0. The van der Waals surface area contributed by atoms with E-state index in [2.05, 4.69) is 0 Å². The molecule has 0 bridgehead atoms. The van der Waals surface area contributed by atoms with Crippen LogP contribution in [0.25, 0.3) is 0 Å². The molecule has 0 saturated carbocycles. The summed E-state index contributed by atoms with van der Waals surface area (Å²) < 4.78 is 0. The van der Waals surface area contributed by atoms with Crippen LogP contribution in [0.5, 0.6) is 0 Å². The summed E-state index contributed by atoms with van der Waals surface area (Å²) in [7, 11) is 0. The van der Waals surface area contributed by atoms with E-state index in [4.69, 9.17) is 0 Å². The van der Waals surface area contributed by atoms with Gasteiger partial charge in [-0.2, -0.15) is 0 Å². The third-order valence-corrected chi connectivity index (χ3v) is 0. The fourth-order valence-electron chi connectivity index (χ4n) is 0. The molecule has 0 saturated heterocycles. The van der Waals surface area contributed by atoms with Gasteiger partial charge in [0.2, 0.25) is 0 Å². The molecule has 0 rings (SSSR count). The van der Waals surface area contributed by atoms with Crippen LogP contribution in [-0.2, 0) is 16.4 Å². The van der Waals surface area contributed by atoms with Gasteiger partial charge in [-0.15, -0.1) is 0 Å². The van der Waals surface area contributed by atoms with E-state index in [1.165, 1.54) is 0 Å². The first-order valence-corrected chi connectivity index (χ1v) is 0. The topological polar surface area (TPSA) is 85.5 Å². The van der Waals surface area contributed by atoms with E-state index >= 15 is 0 Å². The summed E-state index contributed by atoms with van der Waals surface area (Å²) in [5.74, 6) is 0. The Balaban J connectivity index is 0. The van der Waals surface area contributed by atoms with E-state index < -0.39 is 0 Å². The van der Waals surface area contributed by atoms with Crippen molar-refractivity contribution in [2.24, 2.45) is 0 Å². The molecule has 0 aromatic heterocycles. The maximum atomic E-state index is 0. The molecule has 0 aromatic rings. The van der Waals surface area contributed by atoms with Crippen LogP contribution in [0.1, 0.15) is 0 Å². The molecule has 0 N–H and O–H groups in total. The molecule has 24 valence electrons. The van der Waals surface area contributed by atoms with E-state index in [1.54, 1.807) is 0 Å². The molecule has 0 aromatic carbocycles. The van der Waals surface area contributed by atoms with Gasteiger partial charge >= 0.3 is 39.6 Å². The van der Waals surface area contributed by atoms with Gasteiger partial charge in [0.15, 0.2) is 0 Å². The van der Waals surface area contributed by atoms with Gasteiger partial charge in [0.25, 0.3) is 0 Å². The minimum Gasteiger partial charge on any atom is -2.00 e. The monoisotopic (exact) mass is 186 g/mol. The molecular formula is Ga2O3. The third kappa shape index (κ3) is 38.5. The molecule has 0 aliphatic heterocycles. The molecule has 0 aliphatic carbocycles. The van der Waals surface area contributed by atoms with Gasteiger partial charge in [0.1, 0.15) is 0 Å². The molecule has 0 amide bonds. The van der Waals surface area contributed by atoms with Gasteiger partial charge in [-0.25, -0.2) is 0 Å². The Labute approximate surface area is 56.2 Å². The molecule has 5 heteroatoms. The largest absolute Gasteiger partial charge is 3.00 e. The molecule has 5 heavy (non-hydrogen) atoms. The molecule has 0 aliphatic rings. The van der Waals surface area contributed by atoms with Gasteiger partial charge in [-0.3, -0.25) is 0 Å². The Morgan fingerprint density at radius 3 is 0.400 bits per heavy atom. The molecule has 0 fully saturated rings. The van der Waals surface area contributed by atoms with Crippen LogP contribution in [0.15, 0.2) is 0 Å². The maximum absolute atomic E-state index is 0. The molecule has 0 spiro atoms. The Morgan fingerprint density at radius 2 is 0.400 bits per heavy atom. The third-order valence-electron chi connectivity index (χ3n) is 0. The SMILES string of the molecule is [Ga+3].[Ga+3].[O-2].[O-2].[O-2]. The Bertz CT molecular complexity index is 4.85. The Morgan fingerprint density at radius 1 is 0.400 bits per heavy atom. The van der Waals surface area contributed by atoms with Crippen molar-refractivity contribution in [1.29, 1.82) is 0 Å². The van der Waals surface area contributed by atoms with Crippen LogP contribution >= 0.6 is 0 Å². The van der Waals surface area contributed by atoms with E-state index in [0.717, 1.165) is 0 Å². The molecular weight excluding hydrogens is 187 g/mol. The fourth-order valence-corrected chi connectivity index (χ4v) is 0. The van der Waals surface area contributed by atoms with Gasteiger partial charge in [-0.1, -0.05) is 0 Å². The smallest absolute Gasteiger partial charge is 2.00 e. The zero-order valence-electron chi connectivity index (χ0n) is 2.38. The summed E-state index contributed by atoms with van der Waals surface area (Å²) in [6.07, 6.45) is 0. The van der Waals surface area contributed by atoms with E-state index in [-0.39, 0.29) is 56.0 Å². The van der Waals surface area contributed by atoms with Crippen molar-refractivity contribution in [2.75, 3.05) is 0 Å². The van der Waals surface area contributed by atoms with Crippen LogP contribution in [0, 0.1) is 0 Å². The summed E-state index contributed by atoms with van der Waals surface area (Å²) in [4.78, 5) is 0. The Hall–Kier alpha value is 1.15. The predicted octanol–water partition coefficient (Wildman–Crippen LogP) is -1.12. The van der Waals surface area contributed by atoms with Crippen molar-refractivity contribution in [3.8, 4) is 0 Å². The summed E-state index contributed by atoms with van der Waals surface area (Å²) in [5.41, 5.74) is 0. The Kier molecular flexibility index (Phi) is 1640. The van der Waals surface area contributed by atoms with Gasteiger partial charge in [-0.05, 0) is 0 Å². The first-order chi connectivity index (χ1) is 0. The van der Waals surface area contributed by atoms with Crippen molar-refractivity contribution in [3.63, 3.8) is 0 Å². The summed E-state index contributed by atoms with van der Waals surface area (Å²) in [6.45, 7) is 0. The van der Waals surface area contributed by atoms with E-state index in [1.807, 2.05) is 0 Å². The molecule has 3 nitrogen and oxygen atoms in total. The average Bonchev–Trinajstić information content (AvgIpc) is 0. The standard InChI is InChI=1S/2Ga.3O/q2*+3;3*-2. The molecule has 0 heterocycles. The van der Waals surface area contributed by atoms with Crippen LogP contribution in [0.4, 0.5) is 0 Å². The first kappa shape index (κ1) is 123. The summed E-state index contributed by atoms with van der Waals surface area (Å²) >= 11 is 0. The van der Waals surface area contributed by atoms with Gasteiger partial charge in [0, 0.05) is 0 Å². The normalized spacial score (nSPS) is 0. The van der Waals surface area contributed by atoms with Crippen LogP contribution in [0.2, 0.25) is 0 Å². The first-order valence-electron chi connectivity index (χ1n) is 0. The van der Waals surface area contributed by atoms with Crippen molar-refractivity contribution in [2.45, 2.75) is 0 Å². The maximum Gasteiger partial charge on any atom is 3.00 e.